The summed E-state index contributed by atoms with van der Waals surface area (Å²) in [6.45, 7) is 6.99. The molecule has 0 fully saturated rings. The van der Waals surface area contributed by atoms with Crippen LogP contribution in [0.15, 0.2) is 64.2 Å². The van der Waals surface area contributed by atoms with Gasteiger partial charge in [-0.05, 0) is 38.5 Å². The summed E-state index contributed by atoms with van der Waals surface area (Å²) in [6.07, 6.45) is 0. The second-order valence-electron chi connectivity index (χ2n) is 7.44. The lowest BCUT2D eigenvalue weighted by Crippen LogP contribution is -2.28. The topological polar surface area (TPSA) is 82.2 Å². The fourth-order valence-corrected chi connectivity index (χ4v) is 4.23. The van der Waals surface area contributed by atoms with Gasteiger partial charge in [0.15, 0.2) is 16.5 Å². The lowest BCUT2D eigenvalue weighted by molar-refractivity contribution is -0.119. The molecule has 1 unspecified atom stereocenters. The SMILES string of the molecule is CCOc1cccc2cc(C(C)NC(=O)CSc3nnc(C)n3Cc3ccccc3)oc12. The third-order valence-electron chi connectivity index (χ3n) is 5.05. The number of hydrogen-bond donors (Lipinski definition) is 1. The highest BCUT2D eigenvalue weighted by atomic mass is 32.2. The van der Waals surface area contributed by atoms with Crippen molar-refractivity contribution in [1.82, 2.24) is 20.1 Å². The van der Waals surface area contributed by atoms with Gasteiger partial charge < -0.3 is 19.0 Å². The first-order valence-electron chi connectivity index (χ1n) is 10.6. The molecule has 166 valence electrons. The average Bonchev–Trinajstić information content (AvgIpc) is 3.38. The van der Waals surface area contributed by atoms with Gasteiger partial charge in [0.05, 0.1) is 24.9 Å². The molecule has 4 aromatic rings. The number of carbonyl (C=O) groups excluding carboxylic acids is 1. The molecular weight excluding hydrogens is 424 g/mol. The number of amides is 1. The van der Waals surface area contributed by atoms with Crippen molar-refractivity contribution in [2.75, 3.05) is 12.4 Å². The molecule has 0 spiro atoms. The molecule has 2 heterocycles. The van der Waals surface area contributed by atoms with Crippen molar-refractivity contribution in [1.29, 1.82) is 0 Å². The van der Waals surface area contributed by atoms with Crippen LogP contribution in [0.2, 0.25) is 0 Å². The van der Waals surface area contributed by atoms with Crippen LogP contribution in [0.4, 0.5) is 0 Å². The fourth-order valence-electron chi connectivity index (χ4n) is 3.44. The van der Waals surface area contributed by atoms with Crippen LogP contribution in [0.25, 0.3) is 11.0 Å². The molecule has 32 heavy (non-hydrogen) atoms. The predicted octanol–water partition coefficient (Wildman–Crippen LogP) is 4.75. The third kappa shape index (κ3) is 4.96. The van der Waals surface area contributed by atoms with Crippen LogP contribution in [0.3, 0.4) is 0 Å². The smallest absolute Gasteiger partial charge is 0.231 e. The number of carbonyl (C=O) groups is 1. The zero-order valence-electron chi connectivity index (χ0n) is 18.4. The number of ether oxygens (including phenoxy) is 1. The molecule has 1 atom stereocenters. The minimum atomic E-state index is -0.270. The second kappa shape index (κ2) is 9.91. The minimum Gasteiger partial charge on any atom is -0.490 e. The molecule has 2 aromatic carbocycles. The zero-order valence-corrected chi connectivity index (χ0v) is 19.2. The molecule has 8 heteroatoms. The molecule has 0 bridgehead atoms. The molecule has 0 aliphatic heterocycles. The summed E-state index contributed by atoms with van der Waals surface area (Å²) in [5, 5.41) is 13.1. The number of fused-ring (bicyclic) bond motifs is 1. The van der Waals surface area contributed by atoms with E-state index in [4.69, 9.17) is 9.15 Å². The quantitative estimate of drug-likeness (QED) is 0.371. The molecule has 0 aliphatic carbocycles. The Morgan fingerprint density at radius 2 is 2.00 bits per heavy atom. The monoisotopic (exact) mass is 450 g/mol. The number of para-hydroxylation sites is 1. The Bertz CT molecular complexity index is 1200. The highest BCUT2D eigenvalue weighted by molar-refractivity contribution is 7.99. The summed E-state index contributed by atoms with van der Waals surface area (Å²) in [4.78, 5) is 12.6. The van der Waals surface area contributed by atoms with Crippen molar-refractivity contribution in [3.8, 4) is 5.75 Å². The molecule has 0 saturated carbocycles. The number of furan rings is 1. The van der Waals surface area contributed by atoms with Crippen molar-refractivity contribution in [3.05, 3.63) is 71.7 Å². The van der Waals surface area contributed by atoms with E-state index < -0.39 is 0 Å². The molecule has 0 radical (unpaired) electrons. The number of nitrogens with one attached hydrogen (secondary N) is 1. The van der Waals surface area contributed by atoms with E-state index in [1.165, 1.54) is 11.8 Å². The summed E-state index contributed by atoms with van der Waals surface area (Å²) in [5.41, 5.74) is 1.86. The Labute approximate surface area is 191 Å². The molecule has 0 saturated heterocycles. The molecule has 0 aliphatic rings. The van der Waals surface area contributed by atoms with Crippen LogP contribution in [0.1, 0.15) is 37.0 Å². The average molecular weight is 451 g/mol. The van der Waals surface area contributed by atoms with Crippen molar-refractivity contribution in [3.63, 3.8) is 0 Å². The number of thioether (sulfide) groups is 1. The lowest BCUT2D eigenvalue weighted by atomic mass is 10.2. The van der Waals surface area contributed by atoms with Crippen LogP contribution in [-0.4, -0.2) is 33.0 Å². The van der Waals surface area contributed by atoms with E-state index in [-0.39, 0.29) is 17.7 Å². The largest absolute Gasteiger partial charge is 0.490 e. The van der Waals surface area contributed by atoms with Crippen LogP contribution >= 0.6 is 11.8 Å². The van der Waals surface area contributed by atoms with Gasteiger partial charge in [-0.3, -0.25) is 4.79 Å². The number of hydrogen-bond acceptors (Lipinski definition) is 6. The van der Waals surface area contributed by atoms with Crippen molar-refractivity contribution in [2.24, 2.45) is 0 Å². The van der Waals surface area contributed by atoms with Gasteiger partial charge in [0.1, 0.15) is 11.6 Å². The number of aromatic nitrogens is 3. The lowest BCUT2D eigenvalue weighted by Gasteiger charge is -2.12. The second-order valence-corrected chi connectivity index (χ2v) is 8.38. The Hall–Kier alpha value is -3.26. The number of rotatable bonds is 9. The predicted molar refractivity (Wildman–Crippen MR) is 125 cm³/mol. The van der Waals surface area contributed by atoms with E-state index in [0.717, 1.165) is 21.9 Å². The molecule has 1 N–H and O–H groups in total. The molecule has 7 nitrogen and oxygen atoms in total. The van der Waals surface area contributed by atoms with Crippen molar-refractivity contribution in [2.45, 2.75) is 38.5 Å². The van der Waals surface area contributed by atoms with Crippen molar-refractivity contribution >= 4 is 28.6 Å². The van der Waals surface area contributed by atoms with Gasteiger partial charge in [0.2, 0.25) is 5.91 Å². The van der Waals surface area contributed by atoms with Gasteiger partial charge in [-0.15, -0.1) is 10.2 Å². The van der Waals surface area contributed by atoms with Gasteiger partial charge in [0.25, 0.3) is 0 Å². The maximum atomic E-state index is 12.6. The summed E-state index contributed by atoms with van der Waals surface area (Å²) in [7, 11) is 0. The number of aryl methyl sites for hydroxylation is 1. The fraction of sp³-hybridized carbons (Fsp3) is 0.292. The highest BCUT2D eigenvalue weighted by Crippen LogP contribution is 2.31. The van der Waals surface area contributed by atoms with Crippen LogP contribution in [-0.2, 0) is 11.3 Å². The Morgan fingerprint density at radius 3 is 2.78 bits per heavy atom. The van der Waals surface area contributed by atoms with E-state index >= 15 is 0 Å². The minimum absolute atomic E-state index is 0.0973. The number of nitrogens with zero attached hydrogens (tertiary/aromatic N) is 3. The Morgan fingerprint density at radius 1 is 1.19 bits per heavy atom. The summed E-state index contributed by atoms with van der Waals surface area (Å²) >= 11 is 1.37. The van der Waals surface area contributed by atoms with Crippen LogP contribution in [0.5, 0.6) is 5.75 Å². The van der Waals surface area contributed by atoms with Crippen LogP contribution < -0.4 is 10.1 Å². The standard InChI is InChI=1S/C24H26N4O3S/c1-4-30-20-12-8-11-19-13-21(31-23(19)20)16(2)25-22(29)15-32-24-27-26-17(3)28(24)14-18-9-6-5-7-10-18/h5-13,16H,4,14-15H2,1-3H3,(H,25,29). The summed E-state index contributed by atoms with van der Waals surface area (Å²) < 4.78 is 13.6. The Kier molecular flexibility index (Phi) is 6.80. The summed E-state index contributed by atoms with van der Waals surface area (Å²) in [6, 6.07) is 17.6. The van der Waals surface area contributed by atoms with E-state index in [9.17, 15) is 4.79 Å². The van der Waals surface area contributed by atoms with E-state index in [1.807, 2.05) is 67.8 Å². The Balaban J connectivity index is 1.38. The first-order valence-corrected chi connectivity index (χ1v) is 11.5. The summed E-state index contributed by atoms with van der Waals surface area (Å²) in [5.74, 6) is 2.35. The molecule has 1 amide bonds. The van der Waals surface area contributed by atoms with Gasteiger partial charge >= 0.3 is 0 Å². The first-order chi connectivity index (χ1) is 15.5. The molecule has 2 aromatic heterocycles. The van der Waals surface area contributed by atoms with Gasteiger partial charge in [-0.2, -0.15) is 0 Å². The maximum absolute atomic E-state index is 12.6. The van der Waals surface area contributed by atoms with E-state index in [2.05, 4.69) is 27.6 Å². The third-order valence-corrected chi connectivity index (χ3v) is 6.02. The van der Waals surface area contributed by atoms with Gasteiger partial charge in [-0.1, -0.05) is 54.2 Å². The normalized spacial score (nSPS) is 12.1. The molecule has 4 rings (SSSR count). The van der Waals surface area contributed by atoms with E-state index in [0.29, 0.717) is 30.2 Å². The maximum Gasteiger partial charge on any atom is 0.231 e. The van der Waals surface area contributed by atoms with Gasteiger partial charge in [0, 0.05) is 5.39 Å². The first kappa shape index (κ1) is 22.0. The van der Waals surface area contributed by atoms with Crippen LogP contribution in [0, 0.1) is 6.92 Å². The van der Waals surface area contributed by atoms with E-state index in [1.54, 1.807) is 0 Å². The van der Waals surface area contributed by atoms with Crippen molar-refractivity contribution < 1.29 is 13.9 Å². The number of benzene rings is 2. The molecular formula is C24H26N4O3S. The van der Waals surface area contributed by atoms with Gasteiger partial charge in [-0.25, -0.2) is 0 Å². The highest BCUT2D eigenvalue weighted by Gasteiger charge is 2.18. The zero-order chi connectivity index (χ0) is 22.5.